The molecule has 0 fully saturated rings. The lowest BCUT2D eigenvalue weighted by molar-refractivity contribution is 0.102. The first-order valence-electron chi connectivity index (χ1n) is 7.93. The fourth-order valence-electron chi connectivity index (χ4n) is 2.18. The van der Waals surface area contributed by atoms with Crippen LogP contribution in [0.3, 0.4) is 0 Å². The second-order valence-corrected chi connectivity index (χ2v) is 5.22. The van der Waals surface area contributed by atoms with Crippen LogP contribution in [0.1, 0.15) is 10.4 Å². The topological polar surface area (TPSA) is 60.5 Å². The van der Waals surface area contributed by atoms with Crippen LogP contribution in [0, 0.1) is 0 Å². The first kappa shape index (κ1) is 16.5. The van der Waals surface area contributed by atoms with Gasteiger partial charge in [0.05, 0.1) is 0 Å². The van der Waals surface area contributed by atoms with E-state index in [0.717, 1.165) is 11.5 Å². The van der Waals surface area contributed by atoms with E-state index in [1.165, 1.54) is 0 Å². The van der Waals surface area contributed by atoms with E-state index in [-0.39, 0.29) is 5.91 Å². The monoisotopic (exact) mass is 334 g/mol. The third kappa shape index (κ3) is 5.07. The minimum atomic E-state index is -0.174. The number of hydrogen-bond donors (Lipinski definition) is 1. The fourth-order valence-corrected chi connectivity index (χ4v) is 2.18. The Balaban J connectivity index is 1.45. The average Bonchev–Trinajstić information content (AvgIpc) is 2.68. The number of para-hydroxylation sites is 1. The van der Waals surface area contributed by atoms with Gasteiger partial charge in [-0.1, -0.05) is 18.2 Å². The number of anilines is 1. The number of benzene rings is 2. The standard InChI is InChI=1S/C20H18N2O3/c23-20(16-10-12-21-13-11-16)22-17-6-8-19(9-7-17)25-15-14-24-18-4-2-1-3-5-18/h1-13H,14-15H2,(H,22,23). The van der Waals surface area contributed by atoms with Crippen molar-refractivity contribution in [1.82, 2.24) is 4.98 Å². The van der Waals surface area contributed by atoms with Crippen LogP contribution in [0.25, 0.3) is 0 Å². The van der Waals surface area contributed by atoms with Crippen molar-refractivity contribution in [2.45, 2.75) is 0 Å². The van der Waals surface area contributed by atoms with Crippen LogP contribution in [0.2, 0.25) is 0 Å². The normalized spacial score (nSPS) is 10.1. The average molecular weight is 334 g/mol. The molecular formula is C20H18N2O3. The van der Waals surface area contributed by atoms with Crippen LogP contribution in [0.4, 0.5) is 5.69 Å². The van der Waals surface area contributed by atoms with E-state index >= 15 is 0 Å². The third-order valence-corrected chi connectivity index (χ3v) is 3.42. The summed E-state index contributed by atoms with van der Waals surface area (Å²) in [6, 6.07) is 20.1. The molecule has 0 saturated heterocycles. The highest BCUT2D eigenvalue weighted by Crippen LogP contribution is 2.16. The summed E-state index contributed by atoms with van der Waals surface area (Å²) in [5, 5.41) is 2.83. The van der Waals surface area contributed by atoms with Gasteiger partial charge in [0, 0.05) is 23.6 Å². The lowest BCUT2D eigenvalue weighted by atomic mass is 10.2. The number of ether oxygens (including phenoxy) is 2. The maximum atomic E-state index is 12.1. The summed E-state index contributed by atoms with van der Waals surface area (Å²) in [6.45, 7) is 0.905. The summed E-state index contributed by atoms with van der Waals surface area (Å²) in [5.41, 5.74) is 1.27. The van der Waals surface area contributed by atoms with Crippen LogP contribution in [0.15, 0.2) is 79.1 Å². The molecule has 0 aliphatic heterocycles. The maximum absolute atomic E-state index is 12.1. The van der Waals surface area contributed by atoms with E-state index in [1.54, 1.807) is 36.7 Å². The molecule has 1 amide bonds. The number of hydrogen-bond acceptors (Lipinski definition) is 4. The van der Waals surface area contributed by atoms with Gasteiger partial charge in [0.15, 0.2) is 0 Å². The molecule has 1 N–H and O–H groups in total. The van der Waals surface area contributed by atoms with Crippen LogP contribution in [-0.4, -0.2) is 24.1 Å². The second kappa shape index (κ2) is 8.49. The number of rotatable bonds is 7. The summed E-state index contributed by atoms with van der Waals surface area (Å²) >= 11 is 0. The Kier molecular flexibility index (Phi) is 5.61. The molecular weight excluding hydrogens is 316 g/mol. The molecule has 0 aliphatic rings. The van der Waals surface area contributed by atoms with Gasteiger partial charge in [-0.2, -0.15) is 0 Å². The predicted molar refractivity (Wildman–Crippen MR) is 96.1 cm³/mol. The summed E-state index contributed by atoms with van der Waals surface area (Å²) in [6.07, 6.45) is 3.17. The highest BCUT2D eigenvalue weighted by atomic mass is 16.5. The van der Waals surface area contributed by atoms with Gasteiger partial charge >= 0.3 is 0 Å². The molecule has 3 rings (SSSR count). The maximum Gasteiger partial charge on any atom is 0.255 e. The molecule has 1 heterocycles. The first-order chi connectivity index (χ1) is 12.3. The van der Waals surface area contributed by atoms with Crippen molar-refractivity contribution in [3.63, 3.8) is 0 Å². The number of nitrogens with one attached hydrogen (secondary N) is 1. The zero-order valence-electron chi connectivity index (χ0n) is 13.6. The Morgan fingerprint density at radius 1 is 0.800 bits per heavy atom. The minimum Gasteiger partial charge on any atom is -0.490 e. The number of carbonyl (C=O) groups excluding carboxylic acids is 1. The quantitative estimate of drug-likeness (QED) is 0.668. The van der Waals surface area contributed by atoms with Crippen molar-refractivity contribution < 1.29 is 14.3 Å². The summed E-state index contributed by atoms with van der Waals surface area (Å²) < 4.78 is 11.2. The van der Waals surface area contributed by atoms with E-state index < -0.39 is 0 Å². The fraction of sp³-hybridized carbons (Fsp3) is 0.100. The van der Waals surface area contributed by atoms with Gasteiger partial charge in [0.1, 0.15) is 24.7 Å². The molecule has 1 aromatic heterocycles. The Bertz CT molecular complexity index is 790. The minimum absolute atomic E-state index is 0.174. The van der Waals surface area contributed by atoms with Crippen molar-refractivity contribution in [3.05, 3.63) is 84.7 Å². The van der Waals surface area contributed by atoms with E-state index in [9.17, 15) is 4.79 Å². The number of pyridine rings is 1. The summed E-state index contributed by atoms with van der Waals surface area (Å²) in [7, 11) is 0. The number of carbonyl (C=O) groups is 1. The van der Waals surface area contributed by atoms with Crippen molar-refractivity contribution in [1.29, 1.82) is 0 Å². The molecule has 5 heteroatoms. The van der Waals surface area contributed by atoms with Gasteiger partial charge in [-0.15, -0.1) is 0 Å². The molecule has 25 heavy (non-hydrogen) atoms. The number of aromatic nitrogens is 1. The predicted octanol–water partition coefficient (Wildman–Crippen LogP) is 3.79. The SMILES string of the molecule is O=C(Nc1ccc(OCCOc2ccccc2)cc1)c1ccncc1. The van der Waals surface area contributed by atoms with Gasteiger partial charge < -0.3 is 14.8 Å². The highest BCUT2D eigenvalue weighted by Gasteiger charge is 2.05. The molecule has 0 saturated carbocycles. The first-order valence-corrected chi connectivity index (χ1v) is 7.93. The lowest BCUT2D eigenvalue weighted by Crippen LogP contribution is -2.12. The zero-order valence-corrected chi connectivity index (χ0v) is 13.6. The molecule has 0 radical (unpaired) electrons. The van der Waals surface area contributed by atoms with Crippen LogP contribution in [0.5, 0.6) is 11.5 Å². The van der Waals surface area contributed by atoms with E-state index in [4.69, 9.17) is 9.47 Å². The van der Waals surface area contributed by atoms with Gasteiger partial charge in [0.25, 0.3) is 5.91 Å². The Hall–Kier alpha value is -3.34. The molecule has 0 atom stereocenters. The van der Waals surface area contributed by atoms with E-state index in [2.05, 4.69) is 10.3 Å². The highest BCUT2D eigenvalue weighted by molar-refractivity contribution is 6.04. The molecule has 0 aliphatic carbocycles. The van der Waals surface area contributed by atoms with Crippen LogP contribution < -0.4 is 14.8 Å². The smallest absolute Gasteiger partial charge is 0.255 e. The Morgan fingerprint density at radius 3 is 2.04 bits per heavy atom. The van der Waals surface area contributed by atoms with Gasteiger partial charge in [-0.25, -0.2) is 0 Å². The lowest BCUT2D eigenvalue weighted by Gasteiger charge is -2.09. The molecule has 126 valence electrons. The molecule has 2 aromatic carbocycles. The molecule has 0 unspecified atom stereocenters. The molecule has 3 aromatic rings. The summed E-state index contributed by atoms with van der Waals surface area (Å²) in [5.74, 6) is 1.37. The summed E-state index contributed by atoms with van der Waals surface area (Å²) in [4.78, 5) is 16.0. The van der Waals surface area contributed by atoms with Gasteiger partial charge in [-0.3, -0.25) is 9.78 Å². The van der Waals surface area contributed by atoms with Crippen molar-refractivity contribution in [3.8, 4) is 11.5 Å². The van der Waals surface area contributed by atoms with E-state index in [0.29, 0.717) is 24.5 Å². The Morgan fingerprint density at radius 2 is 1.40 bits per heavy atom. The number of nitrogens with zero attached hydrogens (tertiary/aromatic N) is 1. The molecule has 0 bridgehead atoms. The van der Waals surface area contributed by atoms with Crippen molar-refractivity contribution >= 4 is 11.6 Å². The molecule has 0 spiro atoms. The van der Waals surface area contributed by atoms with Crippen molar-refractivity contribution in [2.75, 3.05) is 18.5 Å². The molecule has 5 nitrogen and oxygen atoms in total. The van der Waals surface area contributed by atoms with Crippen LogP contribution >= 0.6 is 0 Å². The third-order valence-electron chi connectivity index (χ3n) is 3.42. The zero-order chi connectivity index (χ0) is 17.3. The van der Waals surface area contributed by atoms with Crippen molar-refractivity contribution in [2.24, 2.45) is 0 Å². The number of amides is 1. The van der Waals surface area contributed by atoms with Crippen LogP contribution in [-0.2, 0) is 0 Å². The van der Waals surface area contributed by atoms with Gasteiger partial charge in [-0.05, 0) is 48.5 Å². The van der Waals surface area contributed by atoms with E-state index in [1.807, 2.05) is 42.5 Å². The Labute approximate surface area is 146 Å². The van der Waals surface area contributed by atoms with Gasteiger partial charge in [0.2, 0.25) is 0 Å². The second-order valence-electron chi connectivity index (χ2n) is 5.22. The largest absolute Gasteiger partial charge is 0.490 e.